The summed E-state index contributed by atoms with van der Waals surface area (Å²) < 4.78 is 5.20. The van der Waals surface area contributed by atoms with Crippen LogP contribution in [0.5, 0.6) is 5.75 Å². The molecule has 3 heteroatoms. The lowest BCUT2D eigenvalue weighted by Gasteiger charge is -2.26. The van der Waals surface area contributed by atoms with E-state index in [1.54, 1.807) is 7.11 Å². The highest BCUT2D eigenvalue weighted by Gasteiger charge is 2.19. The molecule has 0 aliphatic heterocycles. The Kier molecular flexibility index (Phi) is 5.19. The largest absolute Gasteiger partial charge is 0.497 e. The van der Waals surface area contributed by atoms with Crippen LogP contribution in [-0.4, -0.2) is 13.7 Å². The Morgan fingerprint density at radius 1 is 1.05 bits per heavy atom. The zero-order chi connectivity index (χ0) is 16.0. The van der Waals surface area contributed by atoms with E-state index >= 15 is 0 Å². The van der Waals surface area contributed by atoms with Gasteiger partial charge >= 0.3 is 0 Å². The average molecular weight is 294 g/mol. The van der Waals surface area contributed by atoms with Gasteiger partial charge in [0.2, 0.25) is 0 Å². The maximum atomic E-state index is 8.80. The predicted molar refractivity (Wildman–Crippen MR) is 88.9 cm³/mol. The highest BCUT2D eigenvalue weighted by atomic mass is 16.5. The van der Waals surface area contributed by atoms with Crippen molar-refractivity contribution in [1.82, 2.24) is 5.32 Å². The Morgan fingerprint density at radius 2 is 1.68 bits per heavy atom. The van der Waals surface area contributed by atoms with Crippen LogP contribution in [0.2, 0.25) is 0 Å². The normalized spacial score (nSPS) is 11.0. The number of hydrogen-bond acceptors (Lipinski definition) is 3. The van der Waals surface area contributed by atoms with Crippen LogP contribution in [-0.2, 0) is 12.0 Å². The quantitative estimate of drug-likeness (QED) is 0.884. The third-order valence-corrected chi connectivity index (χ3v) is 3.85. The number of benzene rings is 2. The van der Waals surface area contributed by atoms with E-state index < -0.39 is 0 Å². The van der Waals surface area contributed by atoms with Crippen molar-refractivity contribution in [3.63, 3.8) is 0 Å². The van der Waals surface area contributed by atoms with E-state index in [4.69, 9.17) is 10.00 Å². The van der Waals surface area contributed by atoms with Crippen LogP contribution in [0, 0.1) is 11.3 Å². The van der Waals surface area contributed by atoms with Gasteiger partial charge in [-0.05, 0) is 35.4 Å². The molecule has 0 radical (unpaired) electrons. The van der Waals surface area contributed by atoms with Crippen molar-refractivity contribution >= 4 is 0 Å². The summed E-state index contributed by atoms with van der Waals surface area (Å²) >= 11 is 0. The molecule has 2 aromatic rings. The second-order valence-corrected chi connectivity index (χ2v) is 6.02. The molecule has 0 unspecified atom stereocenters. The van der Waals surface area contributed by atoms with Gasteiger partial charge in [-0.2, -0.15) is 5.26 Å². The van der Waals surface area contributed by atoms with E-state index in [9.17, 15) is 0 Å². The molecule has 0 aliphatic rings. The molecule has 22 heavy (non-hydrogen) atoms. The molecule has 0 saturated heterocycles. The number of nitrogens with zero attached hydrogens (tertiary/aromatic N) is 1. The first-order chi connectivity index (χ1) is 10.5. The molecule has 3 nitrogen and oxygen atoms in total. The minimum Gasteiger partial charge on any atom is -0.497 e. The van der Waals surface area contributed by atoms with Gasteiger partial charge in [-0.3, -0.25) is 0 Å². The van der Waals surface area contributed by atoms with Crippen LogP contribution in [0.4, 0.5) is 0 Å². The molecule has 0 atom stereocenters. The Hall–Kier alpha value is -2.31. The molecule has 2 rings (SSSR count). The summed E-state index contributed by atoms with van der Waals surface area (Å²) in [6, 6.07) is 18.0. The van der Waals surface area contributed by atoms with E-state index in [0.29, 0.717) is 5.56 Å². The second-order valence-electron chi connectivity index (χ2n) is 6.02. The lowest BCUT2D eigenvalue weighted by Crippen LogP contribution is -2.32. The molecular formula is C19H22N2O. The zero-order valence-electron chi connectivity index (χ0n) is 13.4. The fraction of sp³-hybridized carbons (Fsp3) is 0.316. The van der Waals surface area contributed by atoms with Gasteiger partial charge in [0.15, 0.2) is 0 Å². The van der Waals surface area contributed by atoms with Gasteiger partial charge in [-0.25, -0.2) is 0 Å². The number of nitriles is 1. The maximum Gasteiger partial charge on any atom is 0.118 e. The first-order valence-electron chi connectivity index (χ1n) is 7.39. The van der Waals surface area contributed by atoms with Crippen molar-refractivity contribution in [3.8, 4) is 11.8 Å². The SMILES string of the molecule is COc1ccc(C(C)(C)CNCc2ccc(C#N)cc2)cc1. The summed E-state index contributed by atoms with van der Waals surface area (Å²) in [6.07, 6.45) is 0. The molecule has 0 spiro atoms. The standard InChI is InChI=1S/C19H22N2O/c1-19(2,17-8-10-18(22-3)11-9-17)14-21-13-16-6-4-15(12-20)5-7-16/h4-11,21H,13-14H2,1-3H3. The molecule has 0 fully saturated rings. The van der Waals surface area contributed by atoms with Crippen LogP contribution < -0.4 is 10.1 Å². The lowest BCUT2D eigenvalue weighted by molar-refractivity contribution is 0.413. The predicted octanol–water partition coefficient (Wildman–Crippen LogP) is 3.63. The molecule has 0 saturated carbocycles. The smallest absolute Gasteiger partial charge is 0.118 e. The summed E-state index contributed by atoms with van der Waals surface area (Å²) in [5.41, 5.74) is 3.20. The summed E-state index contributed by atoms with van der Waals surface area (Å²) in [4.78, 5) is 0. The average Bonchev–Trinajstić information content (AvgIpc) is 2.55. The van der Waals surface area contributed by atoms with Crippen molar-refractivity contribution in [2.24, 2.45) is 0 Å². The van der Waals surface area contributed by atoms with Crippen molar-refractivity contribution in [2.75, 3.05) is 13.7 Å². The fourth-order valence-corrected chi connectivity index (χ4v) is 2.36. The van der Waals surface area contributed by atoms with Gasteiger partial charge in [-0.15, -0.1) is 0 Å². The van der Waals surface area contributed by atoms with Crippen molar-refractivity contribution in [2.45, 2.75) is 25.8 Å². The summed E-state index contributed by atoms with van der Waals surface area (Å²) in [5, 5.41) is 12.3. The van der Waals surface area contributed by atoms with Gasteiger partial charge in [-0.1, -0.05) is 38.1 Å². The molecular weight excluding hydrogens is 272 g/mol. The van der Waals surface area contributed by atoms with Crippen molar-refractivity contribution in [1.29, 1.82) is 5.26 Å². The van der Waals surface area contributed by atoms with Crippen LogP contribution >= 0.6 is 0 Å². The van der Waals surface area contributed by atoms with Crippen LogP contribution in [0.3, 0.4) is 0 Å². The molecule has 0 heterocycles. The minimum absolute atomic E-state index is 0.0405. The lowest BCUT2D eigenvalue weighted by atomic mass is 9.84. The molecule has 1 N–H and O–H groups in total. The molecule has 0 aliphatic carbocycles. The fourth-order valence-electron chi connectivity index (χ4n) is 2.36. The number of nitrogens with one attached hydrogen (secondary N) is 1. The monoisotopic (exact) mass is 294 g/mol. The maximum absolute atomic E-state index is 8.80. The topological polar surface area (TPSA) is 45.0 Å². The number of ether oxygens (including phenoxy) is 1. The van der Waals surface area contributed by atoms with Crippen molar-refractivity contribution in [3.05, 3.63) is 65.2 Å². The van der Waals surface area contributed by atoms with E-state index in [2.05, 4.69) is 37.4 Å². The first-order valence-corrected chi connectivity index (χ1v) is 7.39. The third-order valence-electron chi connectivity index (χ3n) is 3.85. The summed E-state index contributed by atoms with van der Waals surface area (Å²) in [6.45, 7) is 6.12. The van der Waals surface area contributed by atoms with E-state index in [1.165, 1.54) is 11.1 Å². The first kappa shape index (κ1) is 16.1. The highest BCUT2D eigenvalue weighted by molar-refractivity contribution is 5.33. The van der Waals surface area contributed by atoms with Gasteiger partial charge in [0.1, 0.15) is 5.75 Å². The third kappa shape index (κ3) is 4.09. The molecule has 114 valence electrons. The molecule has 0 aromatic heterocycles. The molecule has 0 bridgehead atoms. The number of methoxy groups -OCH3 is 1. The zero-order valence-corrected chi connectivity index (χ0v) is 13.4. The minimum atomic E-state index is 0.0405. The Bertz CT molecular complexity index is 637. The summed E-state index contributed by atoms with van der Waals surface area (Å²) in [7, 11) is 1.68. The second kappa shape index (κ2) is 7.11. The van der Waals surface area contributed by atoms with E-state index in [1.807, 2.05) is 36.4 Å². The van der Waals surface area contributed by atoms with Crippen LogP contribution in [0.25, 0.3) is 0 Å². The van der Waals surface area contributed by atoms with Gasteiger partial charge < -0.3 is 10.1 Å². The van der Waals surface area contributed by atoms with E-state index in [-0.39, 0.29) is 5.41 Å². The molecule has 0 amide bonds. The van der Waals surface area contributed by atoms with Gasteiger partial charge in [0.05, 0.1) is 18.7 Å². The Labute approximate surface area is 132 Å². The Balaban J connectivity index is 1.92. The number of rotatable bonds is 6. The number of hydrogen-bond donors (Lipinski definition) is 1. The van der Waals surface area contributed by atoms with Crippen LogP contribution in [0.15, 0.2) is 48.5 Å². The van der Waals surface area contributed by atoms with Crippen molar-refractivity contribution < 1.29 is 4.74 Å². The van der Waals surface area contributed by atoms with Gasteiger partial charge in [0, 0.05) is 18.5 Å². The Morgan fingerprint density at radius 3 is 2.23 bits per heavy atom. The van der Waals surface area contributed by atoms with Gasteiger partial charge in [0.25, 0.3) is 0 Å². The summed E-state index contributed by atoms with van der Waals surface area (Å²) in [5.74, 6) is 0.880. The van der Waals surface area contributed by atoms with E-state index in [0.717, 1.165) is 18.8 Å². The van der Waals surface area contributed by atoms with Crippen LogP contribution in [0.1, 0.15) is 30.5 Å². The molecule has 2 aromatic carbocycles. The highest BCUT2D eigenvalue weighted by Crippen LogP contribution is 2.24.